The van der Waals surface area contributed by atoms with Crippen LogP contribution >= 0.6 is 0 Å². The zero-order chi connectivity index (χ0) is 13.7. The highest BCUT2D eigenvalue weighted by Crippen LogP contribution is 2.30. The summed E-state index contributed by atoms with van der Waals surface area (Å²) >= 11 is 0. The van der Waals surface area contributed by atoms with Crippen molar-refractivity contribution in [3.63, 3.8) is 0 Å². The van der Waals surface area contributed by atoms with E-state index in [1.807, 2.05) is 12.1 Å². The van der Waals surface area contributed by atoms with Crippen molar-refractivity contribution in [3.05, 3.63) is 29.8 Å². The minimum absolute atomic E-state index is 0.0911. The lowest BCUT2D eigenvalue weighted by Crippen LogP contribution is -2.30. The molecule has 0 aromatic heterocycles. The third-order valence-corrected chi connectivity index (χ3v) is 3.81. The summed E-state index contributed by atoms with van der Waals surface area (Å²) in [7, 11) is 1.67. The zero-order valence-corrected chi connectivity index (χ0v) is 11.7. The van der Waals surface area contributed by atoms with E-state index >= 15 is 0 Å². The average molecular weight is 262 g/mol. The fourth-order valence-electron chi connectivity index (χ4n) is 2.84. The van der Waals surface area contributed by atoms with E-state index in [0.717, 1.165) is 31.4 Å². The Balaban J connectivity index is 1.99. The molecule has 1 aliphatic carbocycles. The molecule has 3 heteroatoms. The van der Waals surface area contributed by atoms with E-state index in [2.05, 4.69) is 12.1 Å². The number of ether oxygens (including phenoxy) is 2. The first-order chi connectivity index (χ1) is 9.19. The first kappa shape index (κ1) is 13.9. The molecule has 1 aliphatic rings. The van der Waals surface area contributed by atoms with Gasteiger partial charge in [0, 0.05) is 6.92 Å². The minimum Gasteiger partial charge on any atom is -0.497 e. The van der Waals surface area contributed by atoms with Gasteiger partial charge in [-0.2, -0.15) is 0 Å². The van der Waals surface area contributed by atoms with Crippen LogP contribution in [0.15, 0.2) is 24.3 Å². The van der Waals surface area contributed by atoms with Crippen molar-refractivity contribution in [2.75, 3.05) is 7.11 Å². The molecule has 3 nitrogen and oxygen atoms in total. The number of esters is 1. The maximum Gasteiger partial charge on any atom is 0.302 e. The van der Waals surface area contributed by atoms with Crippen molar-refractivity contribution >= 4 is 5.97 Å². The van der Waals surface area contributed by atoms with Crippen LogP contribution in [0.5, 0.6) is 5.75 Å². The van der Waals surface area contributed by atoms with Crippen LogP contribution in [-0.2, 0) is 16.0 Å². The highest BCUT2D eigenvalue weighted by atomic mass is 16.5. The Morgan fingerprint density at radius 2 is 1.89 bits per heavy atom. The molecule has 2 unspecified atom stereocenters. The molecule has 0 amide bonds. The van der Waals surface area contributed by atoms with E-state index in [4.69, 9.17) is 9.47 Å². The molecular formula is C16H22O3. The summed E-state index contributed by atoms with van der Waals surface area (Å²) < 4.78 is 10.6. The molecule has 0 spiro atoms. The van der Waals surface area contributed by atoms with E-state index < -0.39 is 0 Å². The minimum atomic E-state index is -0.161. The van der Waals surface area contributed by atoms with Crippen LogP contribution in [0, 0.1) is 5.92 Å². The van der Waals surface area contributed by atoms with E-state index in [0.29, 0.717) is 5.92 Å². The number of hydrogen-bond acceptors (Lipinski definition) is 3. The van der Waals surface area contributed by atoms with Crippen LogP contribution in [0.4, 0.5) is 0 Å². The zero-order valence-electron chi connectivity index (χ0n) is 11.7. The SMILES string of the molecule is COc1ccc(CC2CCCCC2OC(C)=O)cc1. The van der Waals surface area contributed by atoms with Crippen LogP contribution in [0.1, 0.15) is 38.2 Å². The monoisotopic (exact) mass is 262 g/mol. The van der Waals surface area contributed by atoms with Crippen molar-refractivity contribution in [3.8, 4) is 5.75 Å². The summed E-state index contributed by atoms with van der Waals surface area (Å²) in [5.74, 6) is 1.17. The average Bonchev–Trinajstić information content (AvgIpc) is 2.41. The largest absolute Gasteiger partial charge is 0.497 e. The van der Waals surface area contributed by atoms with Crippen molar-refractivity contribution in [2.45, 2.75) is 45.1 Å². The summed E-state index contributed by atoms with van der Waals surface area (Å²) in [6.45, 7) is 1.50. The Kier molecular flexibility index (Phi) is 4.83. The summed E-state index contributed by atoms with van der Waals surface area (Å²) in [4.78, 5) is 11.2. The molecule has 1 fully saturated rings. The van der Waals surface area contributed by atoms with Gasteiger partial charge in [-0.3, -0.25) is 4.79 Å². The molecule has 0 radical (unpaired) electrons. The number of carbonyl (C=O) groups excluding carboxylic acids is 1. The standard InChI is InChI=1S/C16H22O3/c1-12(17)19-16-6-4-3-5-14(16)11-13-7-9-15(18-2)10-8-13/h7-10,14,16H,3-6,11H2,1-2H3. The van der Waals surface area contributed by atoms with Gasteiger partial charge in [0.25, 0.3) is 0 Å². The molecule has 0 saturated heterocycles. The summed E-state index contributed by atoms with van der Waals surface area (Å²) in [5.41, 5.74) is 1.28. The highest BCUT2D eigenvalue weighted by Gasteiger charge is 2.27. The van der Waals surface area contributed by atoms with Gasteiger partial charge in [0.15, 0.2) is 0 Å². The summed E-state index contributed by atoms with van der Waals surface area (Å²) in [5, 5.41) is 0. The molecule has 104 valence electrons. The van der Waals surface area contributed by atoms with E-state index in [9.17, 15) is 4.79 Å². The number of benzene rings is 1. The van der Waals surface area contributed by atoms with Crippen LogP contribution in [0.3, 0.4) is 0 Å². The lowest BCUT2D eigenvalue weighted by molar-refractivity contribution is -0.150. The molecular weight excluding hydrogens is 240 g/mol. The third-order valence-electron chi connectivity index (χ3n) is 3.81. The van der Waals surface area contributed by atoms with E-state index in [1.54, 1.807) is 7.11 Å². The van der Waals surface area contributed by atoms with Gasteiger partial charge in [0.05, 0.1) is 7.11 Å². The molecule has 2 atom stereocenters. The van der Waals surface area contributed by atoms with Crippen molar-refractivity contribution in [1.82, 2.24) is 0 Å². The van der Waals surface area contributed by atoms with Crippen molar-refractivity contribution in [2.24, 2.45) is 5.92 Å². The van der Waals surface area contributed by atoms with Gasteiger partial charge in [0.1, 0.15) is 11.9 Å². The number of methoxy groups -OCH3 is 1. The molecule has 1 saturated carbocycles. The predicted molar refractivity (Wildman–Crippen MR) is 74.2 cm³/mol. The first-order valence-electron chi connectivity index (χ1n) is 6.99. The van der Waals surface area contributed by atoms with Gasteiger partial charge in [-0.1, -0.05) is 18.6 Å². The predicted octanol–water partition coefficient (Wildman–Crippen LogP) is 3.36. The van der Waals surface area contributed by atoms with Crippen LogP contribution in [0.2, 0.25) is 0 Å². The van der Waals surface area contributed by atoms with E-state index in [1.165, 1.54) is 18.9 Å². The molecule has 0 bridgehead atoms. The van der Waals surface area contributed by atoms with Gasteiger partial charge in [-0.25, -0.2) is 0 Å². The summed E-state index contributed by atoms with van der Waals surface area (Å²) in [6.07, 6.45) is 5.61. The Morgan fingerprint density at radius 1 is 1.21 bits per heavy atom. The van der Waals surface area contributed by atoms with Crippen molar-refractivity contribution < 1.29 is 14.3 Å². The second-order valence-electron chi connectivity index (χ2n) is 5.24. The highest BCUT2D eigenvalue weighted by molar-refractivity contribution is 5.66. The van der Waals surface area contributed by atoms with Crippen molar-refractivity contribution in [1.29, 1.82) is 0 Å². The topological polar surface area (TPSA) is 35.5 Å². The van der Waals surface area contributed by atoms with Gasteiger partial charge in [-0.15, -0.1) is 0 Å². The Bertz CT molecular complexity index is 411. The lowest BCUT2D eigenvalue weighted by atomic mass is 9.82. The van der Waals surface area contributed by atoms with Crippen LogP contribution in [0.25, 0.3) is 0 Å². The van der Waals surface area contributed by atoms with Gasteiger partial charge in [-0.05, 0) is 49.3 Å². The van der Waals surface area contributed by atoms with Gasteiger partial charge >= 0.3 is 5.97 Å². The molecule has 1 aromatic rings. The Morgan fingerprint density at radius 3 is 2.53 bits per heavy atom. The Hall–Kier alpha value is -1.51. The number of hydrogen-bond donors (Lipinski definition) is 0. The quantitative estimate of drug-likeness (QED) is 0.780. The molecule has 0 N–H and O–H groups in total. The molecule has 0 heterocycles. The smallest absolute Gasteiger partial charge is 0.302 e. The molecule has 2 rings (SSSR count). The molecule has 0 aliphatic heterocycles. The van der Waals surface area contributed by atoms with Crippen LogP contribution < -0.4 is 4.74 Å². The van der Waals surface area contributed by atoms with Crippen LogP contribution in [-0.4, -0.2) is 19.2 Å². The first-order valence-corrected chi connectivity index (χ1v) is 6.99. The maximum absolute atomic E-state index is 11.2. The molecule has 19 heavy (non-hydrogen) atoms. The maximum atomic E-state index is 11.2. The van der Waals surface area contributed by atoms with Gasteiger partial charge < -0.3 is 9.47 Å². The second-order valence-corrected chi connectivity index (χ2v) is 5.24. The third kappa shape index (κ3) is 3.98. The summed E-state index contributed by atoms with van der Waals surface area (Å²) in [6, 6.07) is 8.16. The number of carbonyl (C=O) groups is 1. The molecule has 1 aromatic carbocycles. The lowest BCUT2D eigenvalue weighted by Gasteiger charge is -2.31. The van der Waals surface area contributed by atoms with E-state index in [-0.39, 0.29) is 12.1 Å². The fraction of sp³-hybridized carbons (Fsp3) is 0.562. The Labute approximate surface area is 114 Å². The second kappa shape index (κ2) is 6.60. The number of rotatable bonds is 4. The fourth-order valence-corrected chi connectivity index (χ4v) is 2.84. The normalized spacial score (nSPS) is 22.8. The van der Waals surface area contributed by atoms with Gasteiger partial charge in [0.2, 0.25) is 0 Å².